The fraction of sp³-hybridized carbons (Fsp3) is 1.00. The molecule has 1 fully saturated rings. The minimum absolute atomic E-state index is 0.153. The summed E-state index contributed by atoms with van der Waals surface area (Å²) in [5, 5.41) is -0.316. The molecule has 6 heteroatoms. The lowest BCUT2D eigenvalue weighted by molar-refractivity contribution is 0.0981. The van der Waals surface area contributed by atoms with E-state index in [0.717, 1.165) is 0 Å². The molecule has 0 bridgehead atoms. The van der Waals surface area contributed by atoms with Crippen LogP contribution in [0.3, 0.4) is 0 Å². The Morgan fingerprint density at radius 2 is 2.07 bits per heavy atom. The second kappa shape index (κ2) is 6.03. The molecule has 1 rings (SSSR count). The molecule has 0 saturated carbocycles. The summed E-state index contributed by atoms with van der Waals surface area (Å²) in [5.41, 5.74) is 0. The van der Waals surface area contributed by atoms with Crippen LogP contribution in [0.1, 0.15) is 26.2 Å². The minimum Gasteiger partial charge on any atom is -0.381 e. The van der Waals surface area contributed by atoms with Gasteiger partial charge in [0.2, 0.25) is 10.0 Å². The normalized spacial score (nSPS) is 21.5. The monoisotopic (exact) mass is 255 g/mol. The molecular weight excluding hydrogens is 238 g/mol. The van der Waals surface area contributed by atoms with Crippen molar-refractivity contribution in [3.8, 4) is 0 Å². The number of nitrogens with one attached hydrogen (secondary N) is 1. The third kappa shape index (κ3) is 3.90. The van der Waals surface area contributed by atoms with Crippen molar-refractivity contribution in [1.82, 2.24) is 4.72 Å². The lowest BCUT2D eigenvalue weighted by Crippen LogP contribution is -2.43. The van der Waals surface area contributed by atoms with Gasteiger partial charge in [0.25, 0.3) is 0 Å². The Balaban J connectivity index is 2.56. The highest BCUT2D eigenvalue weighted by Gasteiger charge is 2.28. The van der Waals surface area contributed by atoms with E-state index in [1.165, 1.54) is 0 Å². The van der Waals surface area contributed by atoms with Crippen LogP contribution in [0.2, 0.25) is 0 Å². The number of ether oxygens (including phenoxy) is 1. The number of sulfonamides is 1. The first kappa shape index (κ1) is 13.2. The highest BCUT2D eigenvalue weighted by molar-refractivity contribution is 7.90. The molecule has 0 aliphatic carbocycles. The summed E-state index contributed by atoms with van der Waals surface area (Å²) < 4.78 is 31.6. The molecule has 4 nitrogen and oxygen atoms in total. The summed E-state index contributed by atoms with van der Waals surface area (Å²) in [6.07, 6.45) is 1.87. The van der Waals surface area contributed by atoms with E-state index < -0.39 is 10.0 Å². The number of hydrogen-bond donors (Lipinski definition) is 1. The number of hydrogen-bond acceptors (Lipinski definition) is 3. The summed E-state index contributed by atoms with van der Waals surface area (Å²) in [6.45, 7) is 2.98. The van der Waals surface area contributed by atoms with Gasteiger partial charge in [-0.2, -0.15) is 0 Å². The first-order chi connectivity index (χ1) is 7.10. The Bertz CT molecular complexity index is 271. The third-order valence-corrected chi connectivity index (χ3v) is 5.00. The molecule has 1 saturated heterocycles. The van der Waals surface area contributed by atoms with Crippen LogP contribution in [0.15, 0.2) is 0 Å². The largest absolute Gasteiger partial charge is 0.381 e. The van der Waals surface area contributed by atoms with Crippen molar-refractivity contribution in [3.63, 3.8) is 0 Å². The van der Waals surface area contributed by atoms with Gasteiger partial charge in [0.15, 0.2) is 0 Å². The van der Waals surface area contributed by atoms with Gasteiger partial charge in [-0.25, -0.2) is 13.1 Å². The maximum absolute atomic E-state index is 11.9. The third-order valence-electron chi connectivity index (χ3n) is 2.62. The SMILES string of the molecule is CCC(CCl)NS(=O)(=O)C1CCOCC1. The van der Waals surface area contributed by atoms with Gasteiger partial charge in [0.05, 0.1) is 5.25 Å². The zero-order valence-electron chi connectivity index (χ0n) is 8.91. The van der Waals surface area contributed by atoms with Gasteiger partial charge in [0.1, 0.15) is 0 Å². The summed E-state index contributed by atoms with van der Waals surface area (Å²) in [6, 6.07) is -0.153. The van der Waals surface area contributed by atoms with Crippen molar-refractivity contribution in [1.29, 1.82) is 0 Å². The van der Waals surface area contributed by atoms with Crippen LogP contribution in [0, 0.1) is 0 Å². The van der Waals surface area contributed by atoms with Gasteiger partial charge in [-0.3, -0.25) is 0 Å². The van der Waals surface area contributed by atoms with Crippen LogP contribution in [0.4, 0.5) is 0 Å². The molecule has 0 aromatic rings. The van der Waals surface area contributed by atoms with Gasteiger partial charge in [0, 0.05) is 25.1 Å². The summed E-state index contributed by atoms with van der Waals surface area (Å²) in [4.78, 5) is 0. The molecule has 0 spiro atoms. The molecule has 1 aliphatic heterocycles. The summed E-state index contributed by atoms with van der Waals surface area (Å²) in [5.74, 6) is 0.318. The standard InChI is InChI=1S/C9H18ClNO3S/c1-2-8(7-10)11-15(12,13)9-3-5-14-6-4-9/h8-9,11H,2-7H2,1H3. The lowest BCUT2D eigenvalue weighted by atomic mass is 10.2. The number of alkyl halides is 1. The fourth-order valence-electron chi connectivity index (χ4n) is 1.54. The van der Waals surface area contributed by atoms with Crippen molar-refractivity contribution in [2.24, 2.45) is 0 Å². The quantitative estimate of drug-likeness (QED) is 0.749. The maximum atomic E-state index is 11.9. The molecule has 90 valence electrons. The lowest BCUT2D eigenvalue weighted by Gasteiger charge is -2.24. The van der Waals surface area contributed by atoms with Crippen LogP contribution in [-0.2, 0) is 14.8 Å². The highest BCUT2D eigenvalue weighted by Crippen LogP contribution is 2.15. The Labute approximate surface area is 96.4 Å². The van der Waals surface area contributed by atoms with Gasteiger partial charge in [-0.1, -0.05) is 6.92 Å². The molecule has 1 aliphatic rings. The zero-order valence-corrected chi connectivity index (χ0v) is 10.5. The number of halogens is 1. The van der Waals surface area contributed by atoms with Crippen molar-refractivity contribution in [2.45, 2.75) is 37.5 Å². The molecule has 0 amide bonds. The first-order valence-corrected chi connectivity index (χ1v) is 7.33. The Hall–Kier alpha value is 0.160. The Kier molecular flexibility index (Phi) is 5.32. The van der Waals surface area contributed by atoms with E-state index in [4.69, 9.17) is 16.3 Å². The molecule has 0 aromatic heterocycles. The molecule has 1 atom stereocenters. The van der Waals surface area contributed by atoms with E-state index in [-0.39, 0.29) is 11.3 Å². The molecule has 0 aromatic carbocycles. The average molecular weight is 256 g/mol. The summed E-state index contributed by atoms with van der Waals surface area (Å²) in [7, 11) is -3.22. The van der Waals surface area contributed by atoms with Crippen LogP contribution in [0.25, 0.3) is 0 Å². The van der Waals surface area contributed by atoms with Gasteiger partial charge >= 0.3 is 0 Å². The van der Waals surface area contributed by atoms with Gasteiger partial charge in [-0.15, -0.1) is 11.6 Å². The summed E-state index contributed by atoms with van der Waals surface area (Å²) >= 11 is 5.66. The Morgan fingerprint density at radius 1 is 1.47 bits per heavy atom. The van der Waals surface area contributed by atoms with E-state index in [9.17, 15) is 8.42 Å². The van der Waals surface area contributed by atoms with E-state index >= 15 is 0 Å². The van der Waals surface area contributed by atoms with Crippen molar-refractivity contribution < 1.29 is 13.2 Å². The van der Waals surface area contributed by atoms with E-state index in [1.807, 2.05) is 6.92 Å². The molecule has 1 heterocycles. The van der Waals surface area contributed by atoms with Gasteiger partial charge < -0.3 is 4.74 Å². The van der Waals surface area contributed by atoms with Crippen LogP contribution >= 0.6 is 11.6 Å². The minimum atomic E-state index is -3.22. The Morgan fingerprint density at radius 3 is 2.53 bits per heavy atom. The predicted octanol–water partition coefficient (Wildman–Crippen LogP) is 1.10. The van der Waals surface area contributed by atoms with Gasteiger partial charge in [-0.05, 0) is 19.3 Å². The topological polar surface area (TPSA) is 55.4 Å². The van der Waals surface area contributed by atoms with E-state index in [2.05, 4.69) is 4.72 Å². The zero-order chi connectivity index (χ0) is 11.3. The van der Waals surface area contributed by atoms with Crippen molar-refractivity contribution in [2.75, 3.05) is 19.1 Å². The fourth-order valence-corrected chi connectivity index (χ4v) is 3.65. The molecule has 1 N–H and O–H groups in total. The van der Waals surface area contributed by atoms with E-state index in [1.54, 1.807) is 0 Å². The van der Waals surface area contributed by atoms with Crippen LogP contribution < -0.4 is 4.72 Å². The first-order valence-electron chi connectivity index (χ1n) is 5.25. The average Bonchev–Trinajstić information content (AvgIpc) is 2.27. The molecule has 1 unspecified atom stereocenters. The van der Waals surface area contributed by atoms with E-state index in [0.29, 0.717) is 38.4 Å². The van der Waals surface area contributed by atoms with Crippen LogP contribution in [0.5, 0.6) is 0 Å². The molecular formula is C9H18ClNO3S. The van der Waals surface area contributed by atoms with Crippen LogP contribution in [-0.4, -0.2) is 38.8 Å². The van der Waals surface area contributed by atoms with Crippen molar-refractivity contribution >= 4 is 21.6 Å². The smallest absolute Gasteiger partial charge is 0.214 e. The predicted molar refractivity (Wildman–Crippen MR) is 60.7 cm³/mol. The molecule has 0 radical (unpaired) electrons. The number of rotatable bonds is 5. The van der Waals surface area contributed by atoms with Crippen molar-refractivity contribution in [3.05, 3.63) is 0 Å². The highest BCUT2D eigenvalue weighted by atomic mass is 35.5. The second-order valence-corrected chi connectivity index (χ2v) is 6.04. The maximum Gasteiger partial charge on any atom is 0.214 e. The second-order valence-electron chi connectivity index (χ2n) is 3.73. The molecule has 15 heavy (non-hydrogen) atoms.